The van der Waals surface area contributed by atoms with Crippen molar-refractivity contribution in [1.82, 2.24) is 4.90 Å². The summed E-state index contributed by atoms with van der Waals surface area (Å²) in [6.45, 7) is 5.25. The molecule has 0 aliphatic heterocycles. The molecular weight excluding hydrogens is 126 g/mol. The van der Waals surface area contributed by atoms with E-state index in [1.54, 1.807) is 7.11 Å². The average molecular weight is 145 g/mol. The first-order valence-electron chi connectivity index (χ1n) is 3.75. The smallest absolute Gasteiger partial charge is 0.0620 e. The minimum atomic E-state index is 0.546. The van der Waals surface area contributed by atoms with Crippen LogP contribution in [0.2, 0.25) is 0 Å². The monoisotopic (exact) mass is 145 g/mol. The van der Waals surface area contributed by atoms with Crippen LogP contribution in [0.1, 0.15) is 13.8 Å². The van der Waals surface area contributed by atoms with Crippen LogP contribution in [-0.2, 0) is 4.74 Å². The standard InChI is InChI=1S/C8H19NO/c1-7(2)8(6-10-5)9(3)4/h7-8H,6H2,1-5H3. The fraction of sp³-hybridized carbons (Fsp3) is 1.00. The summed E-state index contributed by atoms with van der Waals surface area (Å²) in [6.07, 6.45) is 0. The lowest BCUT2D eigenvalue weighted by Gasteiger charge is -2.26. The second kappa shape index (κ2) is 4.69. The van der Waals surface area contributed by atoms with E-state index >= 15 is 0 Å². The summed E-state index contributed by atoms with van der Waals surface area (Å²) in [7, 11) is 5.92. The van der Waals surface area contributed by atoms with Crippen LogP contribution < -0.4 is 0 Å². The van der Waals surface area contributed by atoms with Crippen molar-refractivity contribution in [1.29, 1.82) is 0 Å². The molecule has 0 aromatic rings. The van der Waals surface area contributed by atoms with Gasteiger partial charge in [-0.1, -0.05) is 13.8 Å². The van der Waals surface area contributed by atoms with Gasteiger partial charge in [-0.15, -0.1) is 0 Å². The van der Waals surface area contributed by atoms with E-state index in [1.807, 2.05) is 0 Å². The quantitative estimate of drug-likeness (QED) is 0.589. The van der Waals surface area contributed by atoms with Gasteiger partial charge in [0.05, 0.1) is 6.61 Å². The number of rotatable bonds is 4. The summed E-state index contributed by atoms with van der Waals surface area (Å²) < 4.78 is 5.08. The van der Waals surface area contributed by atoms with E-state index in [-0.39, 0.29) is 0 Å². The Balaban J connectivity index is 3.73. The molecule has 0 aromatic heterocycles. The maximum atomic E-state index is 5.08. The van der Waals surface area contributed by atoms with Crippen molar-refractivity contribution in [2.24, 2.45) is 5.92 Å². The van der Waals surface area contributed by atoms with Gasteiger partial charge in [-0.3, -0.25) is 0 Å². The summed E-state index contributed by atoms with van der Waals surface area (Å²) in [5, 5.41) is 0. The summed E-state index contributed by atoms with van der Waals surface area (Å²) in [6, 6.07) is 0.546. The number of likely N-dealkylation sites (N-methyl/N-ethyl adjacent to an activating group) is 1. The second-order valence-corrected chi connectivity index (χ2v) is 3.23. The highest BCUT2D eigenvalue weighted by atomic mass is 16.5. The molecule has 0 aliphatic carbocycles. The molecule has 0 rings (SSSR count). The van der Waals surface area contributed by atoms with Gasteiger partial charge in [0.15, 0.2) is 0 Å². The molecule has 10 heavy (non-hydrogen) atoms. The molecule has 0 saturated heterocycles. The van der Waals surface area contributed by atoms with Gasteiger partial charge in [-0.2, -0.15) is 0 Å². The summed E-state index contributed by atoms with van der Waals surface area (Å²) in [5.41, 5.74) is 0. The molecule has 0 bridgehead atoms. The molecule has 0 saturated carbocycles. The molecule has 0 amide bonds. The lowest BCUT2D eigenvalue weighted by Crippen LogP contribution is -2.36. The van der Waals surface area contributed by atoms with Crippen molar-refractivity contribution in [3.63, 3.8) is 0 Å². The van der Waals surface area contributed by atoms with E-state index in [0.29, 0.717) is 12.0 Å². The number of ether oxygens (including phenoxy) is 1. The van der Waals surface area contributed by atoms with Gasteiger partial charge in [-0.25, -0.2) is 0 Å². The topological polar surface area (TPSA) is 12.5 Å². The minimum absolute atomic E-state index is 0.546. The zero-order chi connectivity index (χ0) is 8.15. The van der Waals surface area contributed by atoms with E-state index in [1.165, 1.54) is 0 Å². The number of nitrogens with zero attached hydrogens (tertiary/aromatic N) is 1. The number of hydrogen-bond donors (Lipinski definition) is 0. The Morgan fingerprint density at radius 1 is 1.30 bits per heavy atom. The van der Waals surface area contributed by atoms with Crippen LogP contribution >= 0.6 is 0 Å². The van der Waals surface area contributed by atoms with Crippen molar-refractivity contribution < 1.29 is 4.74 Å². The fourth-order valence-corrected chi connectivity index (χ4v) is 1.11. The van der Waals surface area contributed by atoms with Crippen molar-refractivity contribution >= 4 is 0 Å². The maximum Gasteiger partial charge on any atom is 0.0620 e. The van der Waals surface area contributed by atoms with Crippen LogP contribution in [0.5, 0.6) is 0 Å². The number of hydrogen-bond acceptors (Lipinski definition) is 2. The second-order valence-electron chi connectivity index (χ2n) is 3.23. The third kappa shape index (κ3) is 3.18. The molecular formula is C8H19NO. The first kappa shape index (κ1) is 9.92. The van der Waals surface area contributed by atoms with E-state index in [4.69, 9.17) is 4.74 Å². The van der Waals surface area contributed by atoms with E-state index < -0.39 is 0 Å². The third-order valence-corrected chi connectivity index (χ3v) is 1.77. The normalized spacial score (nSPS) is 14.7. The van der Waals surface area contributed by atoms with E-state index in [2.05, 4.69) is 32.8 Å². The highest BCUT2D eigenvalue weighted by Gasteiger charge is 2.14. The van der Waals surface area contributed by atoms with Crippen LogP contribution in [0.4, 0.5) is 0 Å². The molecule has 0 N–H and O–H groups in total. The fourth-order valence-electron chi connectivity index (χ4n) is 1.11. The molecule has 2 nitrogen and oxygen atoms in total. The van der Waals surface area contributed by atoms with Gasteiger partial charge in [0.2, 0.25) is 0 Å². The molecule has 0 spiro atoms. The molecule has 2 heteroatoms. The highest BCUT2D eigenvalue weighted by Crippen LogP contribution is 2.06. The lowest BCUT2D eigenvalue weighted by atomic mass is 10.0. The Morgan fingerprint density at radius 2 is 1.80 bits per heavy atom. The Morgan fingerprint density at radius 3 is 1.90 bits per heavy atom. The van der Waals surface area contributed by atoms with Gasteiger partial charge >= 0.3 is 0 Å². The Labute approximate surface area is 64.2 Å². The van der Waals surface area contributed by atoms with E-state index in [0.717, 1.165) is 6.61 Å². The molecule has 0 aliphatic rings. The van der Waals surface area contributed by atoms with Crippen LogP contribution in [0.3, 0.4) is 0 Å². The van der Waals surface area contributed by atoms with Gasteiger partial charge in [0.25, 0.3) is 0 Å². The minimum Gasteiger partial charge on any atom is -0.383 e. The van der Waals surface area contributed by atoms with Crippen molar-refractivity contribution in [3.8, 4) is 0 Å². The van der Waals surface area contributed by atoms with Crippen molar-refractivity contribution in [2.75, 3.05) is 27.8 Å². The molecule has 1 atom stereocenters. The lowest BCUT2D eigenvalue weighted by molar-refractivity contribution is 0.0947. The Kier molecular flexibility index (Phi) is 4.65. The van der Waals surface area contributed by atoms with Crippen LogP contribution in [-0.4, -0.2) is 38.8 Å². The maximum absolute atomic E-state index is 5.08. The summed E-state index contributed by atoms with van der Waals surface area (Å²) in [5.74, 6) is 0.662. The average Bonchev–Trinajstić information content (AvgIpc) is 1.81. The third-order valence-electron chi connectivity index (χ3n) is 1.77. The molecule has 0 aromatic carbocycles. The molecule has 0 heterocycles. The molecule has 0 radical (unpaired) electrons. The van der Waals surface area contributed by atoms with Crippen molar-refractivity contribution in [2.45, 2.75) is 19.9 Å². The van der Waals surface area contributed by atoms with Gasteiger partial charge < -0.3 is 9.64 Å². The Hall–Kier alpha value is -0.0800. The molecule has 0 fully saturated rings. The zero-order valence-corrected chi connectivity index (χ0v) is 7.72. The van der Waals surface area contributed by atoms with Crippen LogP contribution in [0, 0.1) is 5.92 Å². The predicted molar refractivity (Wildman–Crippen MR) is 44.2 cm³/mol. The predicted octanol–water partition coefficient (Wildman–Crippen LogP) is 1.22. The van der Waals surface area contributed by atoms with E-state index in [9.17, 15) is 0 Å². The Bertz CT molecular complexity index is 73.3. The van der Waals surface area contributed by atoms with Gasteiger partial charge in [-0.05, 0) is 20.0 Å². The molecule has 1 unspecified atom stereocenters. The van der Waals surface area contributed by atoms with Gasteiger partial charge in [0.1, 0.15) is 0 Å². The SMILES string of the molecule is COCC(C(C)C)N(C)C. The summed E-state index contributed by atoms with van der Waals surface area (Å²) in [4.78, 5) is 2.20. The van der Waals surface area contributed by atoms with Crippen LogP contribution in [0.25, 0.3) is 0 Å². The summed E-state index contributed by atoms with van der Waals surface area (Å²) >= 11 is 0. The zero-order valence-electron chi connectivity index (χ0n) is 7.72. The van der Waals surface area contributed by atoms with Gasteiger partial charge in [0, 0.05) is 13.2 Å². The largest absolute Gasteiger partial charge is 0.383 e. The van der Waals surface area contributed by atoms with Crippen molar-refractivity contribution in [3.05, 3.63) is 0 Å². The highest BCUT2D eigenvalue weighted by molar-refractivity contribution is 4.68. The first-order chi connectivity index (χ1) is 4.59. The molecule has 62 valence electrons. The first-order valence-corrected chi connectivity index (χ1v) is 3.75. The van der Waals surface area contributed by atoms with Crippen LogP contribution in [0.15, 0.2) is 0 Å². The number of methoxy groups -OCH3 is 1.